The first kappa shape index (κ1) is 12.6. The van der Waals surface area contributed by atoms with Crippen LogP contribution in [0.25, 0.3) is 0 Å². The Morgan fingerprint density at radius 1 is 1.06 bits per heavy atom. The van der Waals surface area contributed by atoms with Crippen molar-refractivity contribution in [3.05, 3.63) is 40.3 Å². The van der Waals surface area contributed by atoms with E-state index in [4.69, 9.17) is 0 Å². The number of hydrogen-bond donors (Lipinski definition) is 0. The molecular formula is C16H22S. The third-order valence-corrected chi connectivity index (χ3v) is 5.48. The summed E-state index contributed by atoms with van der Waals surface area (Å²) in [6, 6.07) is 8.85. The molecule has 92 valence electrons. The molecule has 0 nitrogen and oxygen atoms in total. The maximum Gasteiger partial charge on any atom is 0.00885 e. The molecule has 0 bridgehead atoms. The van der Waals surface area contributed by atoms with Crippen molar-refractivity contribution >= 4 is 16.4 Å². The highest BCUT2D eigenvalue weighted by Gasteiger charge is 2.22. The van der Waals surface area contributed by atoms with Gasteiger partial charge in [-0.1, -0.05) is 43.5 Å². The second-order valence-electron chi connectivity index (χ2n) is 4.41. The molecule has 0 aromatic heterocycles. The van der Waals surface area contributed by atoms with E-state index >= 15 is 0 Å². The maximum absolute atomic E-state index is 4.39. The van der Waals surface area contributed by atoms with Crippen molar-refractivity contribution in [3.63, 3.8) is 0 Å². The Kier molecular flexibility index (Phi) is 4.22. The van der Waals surface area contributed by atoms with Gasteiger partial charge in [0.1, 0.15) is 0 Å². The van der Waals surface area contributed by atoms with Crippen LogP contribution in [0.1, 0.15) is 45.1 Å². The summed E-state index contributed by atoms with van der Waals surface area (Å²) in [5.41, 5.74) is 3.23. The van der Waals surface area contributed by atoms with E-state index in [9.17, 15) is 0 Å². The first-order chi connectivity index (χ1) is 8.36. The second-order valence-corrected chi connectivity index (χ2v) is 6.12. The van der Waals surface area contributed by atoms with Crippen LogP contribution in [-0.2, 0) is 6.42 Å². The van der Waals surface area contributed by atoms with Crippen LogP contribution in [0.3, 0.4) is 0 Å². The molecule has 1 heterocycles. The number of fused-ring (bicyclic) bond motifs is 1. The molecule has 1 aliphatic heterocycles. The van der Waals surface area contributed by atoms with Gasteiger partial charge in [0, 0.05) is 4.90 Å². The van der Waals surface area contributed by atoms with Gasteiger partial charge in [-0.15, -0.1) is 10.5 Å². The van der Waals surface area contributed by atoms with Crippen LogP contribution in [0.2, 0.25) is 0 Å². The Morgan fingerprint density at radius 2 is 1.76 bits per heavy atom. The lowest BCUT2D eigenvalue weighted by Gasteiger charge is -2.29. The lowest BCUT2D eigenvalue weighted by atomic mass is 9.93. The molecule has 1 unspecified atom stereocenters. The fraction of sp³-hybridized carbons (Fsp3) is 0.438. The third-order valence-electron chi connectivity index (χ3n) is 3.47. The van der Waals surface area contributed by atoms with Crippen LogP contribution in [0.5, 0.6) is 0 Å². The molecule has 1 aromatic carbocycles. The van der Waals surface area contributed by atoms with E-state index in [0.717, 1.165) is 0 Å². The lowest BCUT2D eigenvalue weighted by Crippen LogP contribution is -2.07. The predicted molar refractivity (Wildman–Crippen MR) is 80.0 cm³/mol. The Labute approximate surface area is 108 Å². The summed E-state index contributed by atoms with van der Waals surface area (Å²) in [5.74, 6) is 4.39. The first-order valence-electron chi connectivity index (χ1n) is 6.69. The zero-order valence-corrected chi connectivity index (χ0v) is 11.8. The van der Waals surface area contributed by atoms with E-state index in [1.54, 1.807) is 10.5 Å². The molecule has 1 aromatic rings. The summed E-state index contributed by atoms with van der Waals surface area (Å²) in [4.78, 5) is 3.18. The summed E-state index contributed by atoms with van der Waals surface area (Å²) in [6.45, 7) is 4.00. The number of rotatable bonds is 0. The van der Waals surface area contributed by atoms with Crippen molar-refractivity contribution in [2.75, 3.05) is 0 Å². The summed E-state index contributed by atoms with van der Waals surface area (Å²) in [7, 11) is 0.148. The van der Waals surface area contributed by atoms with E-state index in [1.165, 1.54) is 42.6 Å². The average molecular weight is 246 g/mol. The molecule has 2 aliphatic rings. The SMILES string of the molecule is C=S1C2=C(CCCC2)Cc2ccccc21.CC. The van der Waals surface area contributed by atoms with E-state index in [2.05, 4.69) is 30.1 Å². The van der Waals surface area contributed by atoms with Crippen molar-refractivity contribution in [1.29, 1.82) is 0 Å². The molecular weight excluding hydrogens is 224 g/mol. The van der Waals surface area contributed by atoms with Gasteiger partial charge in [0.25, 0.3) is 0 Å². The zero-order chi connectivity index (χ0) is 12.3. The van der Waals surface area contributed by atoms with Crippen molar-refractivity contribution in [3.8, 4) is 0 Å². The highest BCUT2D eigenvalue weighted by Crippen LogP contribution is 2.47. The molecule has 0 N–H and O–H groups in total. The van der Waals surface area contributed by atoms with E-state index in [0.29, 0.717) is 0 Å². The van der Waals surface area contributed by atoms with Crippen LogP contribution < -0.4 is 0 Å². The van der Waals surface area contributed by atoms with E-state index in [-0.39, 0.29) is 10.5 Å². The van der Waals surface area contributed by atoms with Crippen molar-refractivity contribution in [2.45, 2.75) is 50.8 Å². The highest BCUT2D eigenvalue weighted by molar-refractivity contribution is 8.17. The molecule has 1 atom stereocenters. The van der Waals surface area contributed by atoms with Gasteiger partial charge in [0.05, 0.1) is 0 Å². The molecule has 0 saturated carbocycles. The van der Waals surface area contributed by atoms with Crippen LogP contribution in [-0.4, -0.2) is 5.87 Å². The Bertz CT molecular complexity index is 454. The van der Waals surface area contributed by atoms with Gasteiger partial charge in [-0.3, -0.25) is 0 Å². The van der Waals surface area contributed by atoms with Crippen LogP contribution in [0.4, 0.5) is 0 Å². The Hall–Kier alpha value is -0.820. The third kappa shape index (κ3) is 2.40. The molecule has 1 aliphatic carbocycles. The van der Waals surface area contributed by atoms with Crippen molar-refractivity contribution in [2.24, 2.45) is 0 Å². The van der Waals surface area contributed by atoms with Gasteiger partial charge in [-0.2, -0.15) is 0 Å². The van der Waals surface area contributed by atoms with Crippen molar-refractivity contribution < 1.29 is 0 Å². The van der Waals surface area contributed by atoms with Gasteiger partial charge in [0.2, 0.25) is 0 Å². The average Bonchev–Trinajstić information content (AvgIpc) is 2.41. The second kappa shape index (κ2) is 5.68. The molecule has 3 rings (SSSR count). The van der Waals surface area contributed by atoms with Crippen LogP contribution >= 0.6 is 10.5 Å². The number of benzene rings is 1. The molecule has 17 heavy (non-hydrogen) atoms. The maximum atomic E-state index is 4.39. The monoisotopic (exact) mass is 246 g/mol. The minimum Gasteiger partial charge on any atom is -0.135 e. The summed E-state index contributed by atoms with van der Waals surface area (Å²) in [6.07, 6.45) is 6.59. The molecule has 0 amide bonds. The molecule has 0 saturated heterocycles. The summed E-state index contributed by atoms with van der Waals surface area (Å²) in [5, 5.41) is 0. The summed E-state index contributed by atoms with van der Waals surface area (Å²) < 4.78 is 0. The van der Waals surface area contributed by atoms with E-state index < -0.39 is 0 Å². The molecule has 1 heteroatoms. The zero-order valence-electron chi connectivity index (χ0n) is 11.0. The fourth-order valence-corrected chi connectivity index (χ4v) is 4.56. The first-order valence-corrected chi connectivity index (χ1v) is 8.08. The standard InChI is InChI=1S/C14H16S.C2H6/c1-15-13-8-4-2-6-11(13)10-12-7-3-5-9-14(12)15;1-2/h2,4,6,8H,1,3,5,7,9-10H2;1-2H3. The van der Waals surface area contributed by atoms with Gasteiger partial charge in [-0.05, 0) is 48.6 Å². The lowest BCUT2D eigenvalue weighted by molar-refractivity contribution is 0.676. The smallest absolute Gasteiger partial charge is 0.00885 e. The van der Waals surface area contributed by atoms with Gasteiger partial charge in [0.15, 0.2) is 0 Å². The molecule has 0 fully saturated rings. The summed E-state index contributed by atoms with van der Waals surface area (Å²) >= 11 is 0. The predicted octanol–water partition coefficient (Wildman–Crippen LogP) is 5.16. The fourth-order valence-electron chi connectivity index (χ4n) is 2.68. The van der Waals surface area contributed by atoms with Crippen molar-refractivity contribution in [1.82, 2.24) is 0 Å². The topological polar surface area (TPSA) is 0 Å². The Balaban J connectivity index is 0.000000514. The molecule has 0 radical (unpaired) electrons. The van der Waals surface area contributed by atoms with Crippen LogP contribution in [0, 0.1) is 0 Å². The largest absolute Gasteiger partial charge is 0.135 e. The number of allylic oxidation sites excluding steroid dienone is 2. The van der Waals surface area contributed by atoms with Gasteiger partial charge in [-0.25, -0.2) is 0 Å². The highest BCUT2D eigenvalue weighted by atomic mass is 32.2. The molecule has 0 spiro atoms. The normalized spacial score (nSPS) is 22.1. The quantitative estimate of drug-likeness (QED) is 0.555. The minimum absolute atomic E-state index is 0.148. The minimum atomic E-state index is 0.148. The Morgan fingerprint density at radius 3 is 2.59 bits per heavy atom. The number of hydrogen-bond acceptors (Lipinski definition) is 0. The van der Waals surface area contributed by atoms with E-state index in [1.807, 2.05) is 13.8 Å². The van der Waals surface area contributed by atoms with Gasteiger partial charge >= 0.3 is 0 Å². The van der Waals surface area contributed by atoms with Gasteiger partial charge < -0.3 is 0 Å². The van der Waals surface area contributed by atoms with Crippen LogP contribution in [0.15, 0.2) is 39.6 Å².